The van der Waals surface area contributed by atoms with Crippen molar-refractivity contribution in [3.63, 3.8) is 0 Å². The van der Waals surface area contributed by atoms with E-state index >= 15 is 0 Å². The highest BCUT2D eigenvalue weighted by atomic mass is 19.4. The second kappa shape index (κ2) is 11.8. The van der Waals surface area contributed by atoms with Crippen LogP contribution in [0.25, 0.3) is 0 Å². The van der Waals surface area contributed by atoms with Gasteiger partial charge in [-0.05, 0) is 74.0 Å². The lowest BCUT2D eigenvalue weighted by Gasteiger charge is -2.38. The number of amides is 1. The molecule has 2 aliphatic rings. The van der Waals surface area contributed by atoms with Crippen LogP contribution in [0.1, 0.15) is 73.8 Å². The van der Waals surface area contributed by atoms with Gasteiger partial charge >= 0.3 is 6.18 Å². The Morgan fingerprint density at radius 1 is 1.07 bits per heavy atom. The number of halogens is 3. The van der Waals surface area contributed by atoms with Crippen LogP contribution >= 0.6 is 0 Å². The van der Waals surface area contributed by atoms with Crippen LogP contribution in [0.4, 0.5) is 13.2 Å². The summed E-state index contributed by atoms with van der Waals surface area (Å²) in [6, 6.07) is 14.5. The third-order valence-corrected chi connectivity index (χ3v) is 8.81. The van der Waals surface area contributed by atoms with Gasteiger partial charge in [0, 0.05) is 27.1 Å². The number of imidazole rings is 1. The topological polar surface area (TPSA) is 83.2 Å². The van der Waals surface area contributed by atoms with Gasteiger partial charge in [-0.25, -0.2) is 4.98 Å². The van der Waals surface area contributed by atoms with E-state index < -0.39 is 23.6 Å². The molecule has 10 heteroatoms. The Morgan fingerprint density at radius 3 is 2.60 bits per heavy atom. The highest BCUT2D eigenvalue weighted by Gasteiger charge is 2.45. The molecule has 0 bridgehead atoms. The van der Waals surface area contributed by atoms with Gasteiger partial charge in [0.15, 0.2) is 0 Å². The summed E-state index contributed by atoms with van der Waals surface area (Å²) in [6.07, 6.45) is 2.27. The molecule has 0 spiro atoms. The van der Waals surface area contributed by atoms with Crippen LogP contribution in [-0.4, -0.2) is 46.7 Å². The van der Waals surface area contributed by atoms with E-state index in [1.165, 1.54) is 0 Å². The molecule has 3 aromatic rings. The number of aryl methyl sites for hydroxylation is 1. The van der Waals surface area contributed by atoms with Gasteiger partial charge < -0.3 is 19.5 Å². The van der Waals surface area contributed by atoms with Crippen LogP contribution in [-0.2, 0) is 22.8 Å². The highest BCUT2D eigenvalue weighted by Crippen LogP contribution is 2.43. The van der Waals surface area contributed by atoms with Crippen molar-refractivity contribution < 1.29 is 22.7 Å². The quantitative estimate of drug-likeness (QED) is 0.354. The molecule has 2 atom stereocenters. The number of hydrogen-bond acceptors (Lipinski definition) is 5. The largest absolute Gasteiger partial charge is 0.456 e. The lowest BCUT2D eigenvalue weighted by atomic mass is 9.71. The first-order valence-corrected chi connectivity index (χ1v) is 14.5. The number of nitriles is 1. The van der Waals surface area contributed by atoms with Gasteiger partial charge in [0.05, 0.1) is 34.7 Å². The van der Waals surface area contributed by atoms with Crippen molar-refractivity contribution in [2.75, 3.05) is 20.1 Å². The Hall–Kier alpha value is -3.84. The van der Waals surface area contributed by atoms with E-state index in [-0.39, 0.29) is 12.3 Å². The molecule has 2 fully saturated rings. The third-order valence-electron chi connectivity index (χ3n) is 8.81. The Labute approximate surface area is 244 Å². The fourth-order valence-electron chi connectivity index (χ4n) is 6.60. The number of rotatable bonds is 7. The number of hydrogen-bond donors (Lipinski definition) is 1. The molecular weight excluding hydrogens is 543 g/mol. The van der Waals surface area contributed by atoms with E-state index in [2.05, 4.69) is 16.4 Å². The monoisotopic (exact) mass is 579 g/mol. The molecule has 2 unspecified atom stereocenters. The molecule has 0 saturated carbocycles. The van der Waals surface area contributed by atoms with Gasteiger partial charge in [-0.1, -0.05) is 31.0 Å². The van der Waals surface area contributed by atoms with Crippen molar-refractivity contribution in [3.8, 4) is 17.6 Å². The third kappa shape index (κ3) is 5.75. The van der Waals surface area contributed by atoms with E-state index in [1.807, 2.05) is 29.9 Å². The summed E-state index contributed by atoms with van der Waals surface area (Å²) < 4.78 is 48.7. The Kier molecular flexibility index (Phi) is 8.33. The lowest BCUT2D eigenvalue weighted by Crippen LogP contribution is -2.47. The molecule has 7 nitrogen and oxygen atoms in total. The number of likely N-dealkylation sites (tertiary alicyclic amines) is 1. The average molecular weight is 580 g/mol. The maximum absolute atomic E-state index is 13.7. The molecule has 0 radical (unpaired) electrons. The summed E-state index contributed by atoms with van der Waals surface area (Å²) in [5.41, 5.74) is 0.929. The van der Waals surface area contributed by atoms with Crippen molar-refractivity contribution in [2.24, 2.45) is 7.05 Å². The highest BCUT2D eigenvalue weighted by molar-refractivity contribution is 5.88. The van der Waals surface area contributed by atoms with Gasteiger partial charge in [-0.3, -0.25) is 4.79 Å². The predicted molar refractivity (Wildman–Crippen MR) is 152 cm³/mol. The van der Waals surface area contributed by atoms with Gasteiger partial charge in [0.1, 0.15) is 17.6 Å². The number of nitrogens with zero attached hydrogens (tertiary/aromatic N) is 4. The van der Waals surface area contributed by atoms with Crippen LogP contribution < -0.4 is 10.1 Å². The second-order valence-corrected chi connectivity index (χ2v) is 11.5. The summed E-state index contributed by atoms with van der Waals surface area (Å²) >= 11 is 0. The molecule has 2 aromatic carbocycles. The van der Waals surface area contributed by atoms with Crippen molar-refractivity contribution in [1.82, 2.24) is 19.8 Å². The molecule has 42 heavy (non-hydrogen) atoms. The van der Waals surface area contributed by atoms with Gasteiger partial charge in [0.2, 0.25) is 5.91 Å². The van der Waals surface area contributed by atoms with Crippen molar-refractivity contribution >= 4 is 5.91 Å². The van der Waals surface area contributed by atoms with Gasteiger partial charge in [-0.15, -0.1) is 0 Å². The molecule has 1 N–H and O–H groups in total. The van der Waals surface area contributed by atoms with Crippen LogP contribution in [0.3, 0.4) is 0 Å². The molecule has 222 valence electrons. The molecular formula is C32H36F3N5O2. The molecule has 0 aliphatic carbocycles. The minimum atomic E-state index is -4.39. The Bertz CT molecular complexity index is 1470. The standard InChI is InChI=1S/C32H36F3N5O2/c1-39-17-5-3-4-12-30(29(39)41,14-15-32(33,34)35)24-8-6-9-26(18-24)42-27-19-25(11-10-23(27)20-36)31(13-7-16-38-31)28-21-37-22-40(28)2/h6,8-11,18-19,21-22,38H,3-5,7,12-17H2,1-2H3. The Morgan fingerprint density at radius 2 is 1.90 bits per heavy atom. The van der Waals surface area contributed by atoms with Crippen molar-refractivity contribution in [1.29, 1.82) is 5.26 Å². The zero-order valence-corrected chi connectivity index (χ0v) is 24.0. The second-order valence-electron chi connectivity index (χ2n) is 11.5. The number of carbonyl (C=O) groups excluding carboxylic acids is 1. The molecule has 3 heterocycles. The molecule has 2 aliphatic heterocycles. The first-order valence-electron chi connectivity index (χ1n) is 14.5. The van der Waals surface area contributed by atoms with E-state index in [1.54, 1.807) is 48.6 Å². The van der Waals surface area contributed by atoms with E-state index in [0.29, 0.717) is 42.0 Å². The van der Waals surface area contributed by atoms with E-state index in [4.69, 9.17) is 4.74 Å². The van der Waals surface area contributed by atoms with Gasteiger partial charge in [0.25, 0.3) is 0 Å². The summed E-state index contributed by atoms with van der Waals surface area (Å²) in [4.78, 5) is 19.6. The number of nitrogens with one attached hydrogen (secondary N) is 1. The number of ether oxygens (including phenoxy) is 1. The number of carbonyl (C=O) groups is 1. The minimum Gasteiger partial charge on any atom is -0.456 e. The minimum absolute atomic E-state index is 0.297. The number of alkyl halides is 3. The first-order chi connectivity index (χ1) is 20.1. The van der Waals surface area contributed by atoms with E-state index in [9.17, 15) is 23.2 Å². The summed E-state index contributed by atoms with van der Waals surface area (Å²) in [6.45, 7) is 1.33. The normalized spacial score (nSPS) is 23.3. The van der Waals surface area contributed by atoms with Gasteiger partial charge in [-0.2, -0.15) is 18.4 Å². The van der Waals surface area contributed by atoms with Crippen molar-refractivity contribution in [2.45, 2.75) is 68.5 Å². The number of likely N-dealkylation sites (N-methyl/N-ethyl adjacent to an activating group) is 1. The van der Waals surface area contributed by atoms with Crippen LogP contribution in [0, 0.1) is 11.3 Å². The smallest absolute Gasteiger partial charge is 0.389 e. The fraction of sp³-hybridized carbons (Fsp3) is 0.469. The van der Waals surface area contributed by atoms with Crippen molar-refractivity contribution in [3.05, 3.63) is 77.4 Å². The molecule has 1 amide bonds. The number of aromatic nitrogens is 2. The summed E-state index contributed by atoms with van der Waals surface area (Å²) in [7, 11) is 3.61. The molecule has 1 aromatic heterocycles. The lowest BCUT2D eigenvalue weighted by molar-refractivity contribution is -0.148. The first kappa shape index (κ1) is 29.6. The fourth-order valence-corrected chi connectivity index (χ4v) is 6.60. The maximum atomic E-state index is 13.7. The average Bonchev–Trinajstić information content (AvgIpc) is 3.63. The summed E-state index contributed by atoms with van der Waals surface area (Å²) in [5.74, 6) is 0.403. The maximum Gasteiger partial charge on any atom is 0.389 e. The zero-order valence-electron chi connectivity index (χ0n) is 24.0. The SMILES string of the molecule is CN1CCCCCC(CCC(F)(F)F)(c2cccc(Oc3cc(C4(c5cncn5C)CCCN4)ccc3C#N)c2)C1=O. The van der Waals surface area contributed by atoms with Crippen LogP contribution in [0.5, 0.6) is 11.5 Å². The van der Waals surface area contributed by atoms with Crippen LogP contribution in [0.2, 0.25) is 0 Å². The summed E-state index contributed by atoms with van der Waals surface area (Å²) in [5, 5.41) is 13.5. The number of benzene rings is 2. The molecule has 5 rings (SSSR count). The predicted octanol–water partition coefficient (Wildman–Crippen LogP) is 6.32. The zero-order chi connectivity index (χ0) is 30.0. The van der Waals surface area contributed by atoms with E-state index in [0.717, 1.165) is 43.5 Å². The van der Waals surface area contributed by atoms with Crippen LogP contribution in [0.15, 0.2) is 55.0 Å². The Balaban J connectivity index is 1.54. The molecule has 2 saturated heterocycles.